The zero-order chi connectivity index (χ0) is 13.8. The van der Waals surface area contributed by atoms with Crippen LogP contribution in [0.1, 0.15) is 24.9 Å². The number of rotatable bonds is 4. The monoisotopic (exact) mass is 262 g/mol. The molecule has 1 fully saturated rings. The summed E-state index contributed by atoms with van der Waals surface area (Å²) < 4.78 is 0. The Kier molecular flexibility index (Phi) is 4.45. The Hall–Kier alpha value is -1.52. The van der Waals surface area contributed by atoms with Gasteiger partial charge in [-0.15, -0.1) is 6.58 Å². The van der Waals surface area contributed by atoms with Crippen LogP contribution in [0.25, 0.3) is 0 Å². The highest BCUT2D eigenvalue weighted by Crippen LogP contribution is 2.35. The first kappa shape index (κ1) is 13.9. The van der Waals surface area contributed by atoms with E-state index in [2.05, 4.69) is 16.8 Å². The van der Waals surface area contributed by atoms with Gasteiger partial charge in [-0.25, -0.2) is 0 Å². The van der Waals surface area contributed by atoms with Crippen LogP contribution < -0.4 is 5.32 Å². The van der Waals surface area contributed by atoms with Crippen molar-refractivity contribution >= 4 is 0 Å². The second-order valence-corrected chi connectivity index (χ2v) is 5.21. The molecule has 0 aromatic heterocycles. The zero-order valence-electron chi connectivity index (χ0n) is 11.4. The van der Waals surface area contributed by atoms with Crippen LogP contribution in [0.3, 0.4) is 0 Å². The summed E-state index contributed by atoms with van der Waals surface area (Å²) >= 11 is 0. The third-order valence-corrected chi connectivity index (χ3v) is 3.51. The minimum absolute atomic E-state index is 0.0932. The highest BCUT2D eigenvalue weighted by molar-refractivity contribution is 5.41. The molecule has 1 atom stereocenters. The van der Waals surface area contributed by atoms with E-state index in [1.165, 1.54) is 6.07 Å². The van der Waals surface area contributed by atoms with Crippen molar-refractivity contribution in [2.45, 2.75) is 19.4 Å². The molecule has 0 aliphatic carbocycles. The molecule has 1 aliphatic rings. The lowest BCUT2D eigenvalue weighted by atomic mass is 9.97. The van der Waals surface area contributed by atoms with E-state index in [1.54, 1.807) is 12.1 Å². The van der Waals surface area contributed by atoms with Gasteiger partial charge in [0.15, 0.2) is 0 Å². The summed E-state index contributed by atoms with van der Waals surface area (Å²) in [5, 5.41) is 22.8. The van der Waals surface area contributed by atoms with Crippen molar-refractivity contribution < 1.29 is 10.2 Å². The molecule has 104 valence electrons. The predicted molar refractivity (Wildman–Crippen MR) is 76.4 cm³/mol. The van der Waals surface area contributed by atoms with Gasteiger partial charge in [0, 0.05) is 43.9 Å². The highest BCUT2D eigenvalue weighted by Gasteiger charge is 2.24. The number of benzene rings is 1. The first-order valence-electron chi connectivity index (χ1n) is 6.69. The molecule has 0 radical (unpaired) electrons. The first-order valence-corrected chi connectivity index (χ1v) is 6.69. The molecule has 3 N–H and O–H groups in total. The molecule has 0 unspecified atom stereocenters. The molecule has 1 aromatic rings. The quantitative estimate of drug-likeness (QED) is 0.727. The van der Waals surface area contributed by atoms with Crippen LogP contribution in [0.2, 0.25) is 0 Å². The van der Waals surface area contributed by atoms with Crippen LogP contribution in [-0.2, 0) is 0 Å². The lowest BCUT2D eigenvalue weighted by Crippen LogP contribution is -2.45. The number of phenols is 2. The van der Waals surface area contributed by atoms with Crippen LogP contribution in [-0.4, -0.2) is 41.3 Å². The maximum atomic E-state index is 10.1. The first-order chi connectivity index (χ1) is 9.08. The fourth-order valence-electron chi connectivity index (χ4n) is 2.57. The molecule has 0 saturated carbocycles. The van der Waals surface area contributed by atoms with Gasteiger partial charge in [-0.05, 0) is 19.4 Å². The van der Waals surface area contributed by atoms with E-state index in [-0.39, 0.29) is 17.5 Å². The molecule has 0 bridgehead atoms. The summed E-state index contributed by atoms with van der Waals surface area (Å²) in [7, 11) is 0. The normalized spacial score (nSPS) is 18.2. The number of phenolic OH excluding ortho intramolecular Hbond substituents is 2. The average Bonchev–Trinajstić information content (AvgIpc) is 2.37. The molecule has 2 rings (SSSR count). The highest BCUT2D eigenvalue weighted by atomic mass is 16.3. The lowest BCUT2D eigenvalue weighted by molar-refractivity contribution is 0.170. The smallest absolute Gasteiger partial charge is 0.124 e. The molecule has 0 spiro atoms. The standard InChI is InChI=1S/C15H22N2O2/c1-11(2)9-14(17-7-5-16-6-8-17)13-4-3-12(18)10-15(13)19/h3-4,10,14,16,18-19H,1,5-9H2,2H3/t14-/m1/s1. The van der Waals surface area contributed by atoms with Crippen LogP contribution in [0.4, 0.5) is 0 Å². The second kappa shape index (κ2) is 6.08. The van der Waals surface area contributed by atoms with Gasteiger partial charge < -0.3 is 15.5 Å². The van der Waals surface area contributed by atoms with Crippen LogP contribution >= 0.6 is 0 Å². The number of aromatic hydroxyl groups is 2. The van der Waals surface area contributed by atoms with Crippen molar-refractivity contribution in [1.82, 2.24) is 10.2 Å². The number of hydrogen-bond donors (Lipinski definition) is 3. The summed E-state index contributed by atoms with van der Waals surface area (Å²) in [6.07, 6.45) is 0.818. The van der Waals surface area contributed by atoms with Crippen molar-refractivity contribution in [3.63, 3.8) is 0 Å². The molecule has 1 aromatic carbocycles. The second-order valence-electron chi connectivity index (χ2n) is 5.21. The van der Waals surface area contributed by atoms with E-state index in [0.717, 1.165) is 43.7 Å². The molecular formula is C15H22N2O2. The fraction of sp³-hybridized carbons (Fsp3) is 0.467. The van der Waals surface area contributed by atoms with Gasteiger partial charge in [0.2, 0.25) is 0 Å². The summed E-state index contributed by atoms with van der Waals surface area (Å²) in [5.74, 6) is 0.250. The van der Waals surface area contributed by atoms with E-state index in [0.29, 0.717) is 0 Å². The summed E-state index contributed by atoms with van der Waals surface area (Å²) in [6.45, 7) is 9.84. The van der Waals surface area contributed by atoms with Crippen molar-refractivity contribution in [2.24, 2.45) is 0 Å². The molecule has 1 saturated heterocycles. The van der Waals surface area contributed by atoms with Gasteiger partial charge >= 0.3 is 0 Å². The van der Waals surface area contributed by atoms with Crippen LogP contribution in [0, 0.1) is 0 Å². The molecule has 1 heterocycles. The number of nitrogens with zero attached hydrogens (tertiary/aromatic N) is 1. The summed E-state index contributed by atoms with van der Waals surface area (Å²) in [5.41, 5.74) is 1.96. The third-order valence-electron chi connectivity index (χ3n) is 3.51. The number of hydrogen-bond acceptors (Lipinski definition) is 4. The Bertz CT molecular complexity index is 453. The number of piperazine rings is 1. The Morgan fingerprint density at radius 2 is 2.05 bits per heavy atom. The van der Waals surface area contributed by atoms with Crippen LogP contribution in [0.15, 0.2) is 30.4 Å². The van der Waals surface area contributed by atoms with Gasteiger partial charge in [-0.2, -0.15) is 0 Å². The molecule has 4 nitrogen and oxygen atoms in total. The number of nitrogens with one attached hydrogen (secondary N) is 1. The van der Waals surface area contributed by atoms with E-state index >= 15 is 0 Å². The molecule has 19 heavy (non-hydrogen) atoms. The average molecular weight is 262 g/mol. The van der Waals surface area contributed by atoms with Gasteiger partial charge in [0.25, 0.3) is 0 Å². The lowest BCUT2D eigenvalue weighted by Gasteiger charge is -2.35. The molecule has 1 aliphatic heterocycles. The molecular weight excluding hydrogens is 240 g/mol. The minimum Gasteiger partial charge on any atom is -0.508 e. The van der Waals surface area contributed by atoms with E-state index < -0.39 is 0 Å². The topological polar surface area (TPSA) is 55.7 Å². The van der Waals surface area contributed by atoms with Crippen molar-refractivity contribution in [1.29, 1.82) is 0 Å². The fourth-order valence-corrected chi connectivity index (χ4v) is 2.57. The maximum absolute atomic E-state index is 10.1. The minimum atomic E-state index is 0.0932. The molecule has 0 amide bonds. The van der Waals surface area contributed by atoms with Crippen LogP contribution in [0.5, 0.6) is 11.5 Å². The van der Waals surface area contributed by atoms with Gasteiger partial charge in [0.1, 0.15) is 11.5 Å². The van der Waals surface area contributed by atoms with Crippen molar-refractivity contribution in [3.05, 3.63) is 35.9 Å². The maximum Gasteiger partial charge on any atom is 0.124 e. The SMILES string of the molecule is C=C(C)C[C@H](c1ccc(O)cc1O)N1CCNCC1. The summed E-state index contributed by atoms with van der Waals surface area (Å²) in [6, 6.07) is 4.96. The Labute approximate surface area is 114 Å². The van der Waals surface area contributed by atoms with Gasteiger partial charge in [0.05, 0.1) is 0 Å². The zero-order valence-corrected chi connectivity index (χ0v) is 11.4. The van der Waals surface area contributed by atoms with Gasteiger partial charge in [-0.3, -0.25) is 4.90 Å². The van der Waals surface area contributed by atoms with E-state index in [1.807, 2.05) is 6.92 Å². The van der Waals surface area contributed by atoms with Crippen molar-refractivity contribution in [2.75, 3.05) is 26.2 Å². The van der Waals surface area contributed by atoms with Crippen molar-refractivity contribution in [3.8, 4) is 11.5 Å². The molecule has 4 heteroatoms. The largest absolute Gasteiger partial charge is 0.508 e. The predicted octanol–water partition coefficient (Wildman–Crippen LogP) is 2.01. The Morgan fingerprint density at radius 3 is 2.63 bits per heavy atom. The van der Waals surface area contributed by atoms with E-state index in [9.17, 15) is 10.2 Å². The third kappa shape index (κ3) is 3.49. The Balaban J connectivity index is 2.27. The Morgan fingerprint density at radius 1 is 1.37 bits per heavy atom. The van der Waals surface area contributed by atoms with E-state index in [4.69, 9.17) is 0 Å². The summed E-state index contributed by atoms with van der Waals surface area (Å²) in [4.78, 5) is 2.36. The van der Waals surface area contributed by atoms with Gasteiger partial charge in [-0.1, -0.05) is 11.6 Å².